The number of pyridine rings is 1. The number of rotatable bonds is 3. The predicted octanol–water partition coefficient (Wildman–Crippen LogP) is 2.94. The van der Waals surface area contributed by atoms with E-state index >= 15 is 0 Å². The lowest BCUT2D eigenvalue weighted by molar-refractivity contribution is 0.0690. The number of hydrogen-bond donors (Lipinski definition) is 1. The minimum atomic E-state index is -0.967. The van der Waals surface area contributed by atoms with Crippen LogP contribution in [0.1, 0.15) is 49.0 Å². The Morgan fingerprint density at radius 3 is 2.56 bits per heavy atom. The summed E-state index contributed by atoms with van der Waals surface area (Å²) in [6.07, 6.45) is 7.49. The molecule has 0 spiro atoms. The van der Waals surface area contributed by atoms with Crippen molar-refractivity contribution in [2.75, 3.05) is 11.9 Å². The molecule has 1 aliphatic rings. The highest BCUT2D eigenvalue weighted by molar-refractivity contribution is 5.85. The van der Waals surface area contributed by atoms with Crippen molar-refractivity contribution in [3.63, 3.8) is 0 Å². The minimum absolute atomic E-state index is 0.118. The lowest BCUT2D eigenvalue weighted by Crippen LogP contribution is -2.32. The number of nitrogens with zero attached hydrogens (tertiary/aromatic N) is 2. The highest BCUT2D eigenvalue weighted by Crippen LogP contribution is 2.24. The van der Waals surface area contributed by atoms with Gasteiger partial charge in [0.1, 0.15) is 5.82 Å². The van der Waals surface area contributed by atoms with Gasteiger partial charge in [0, 0.05) is 13.1 Å². The molecule has 0 saturated heterocycles. The smallest absolute Gasteiger partial charge is 0.354 e. The van der Waals surface area contributed by atoms with E-state index < -0.39 is 5.97 Å². The molecule has 2 rings (SSSR count). The summed E-state index contributed by atoms with van der Waals surface area (Å²) in [5, 5.41) is 8.97. The summed E-state index contributed by atoms with van der Waals surface area (Å²) in [6.45, 7) is 0. The maximum Gasteiger partial charge on any atom is 0.354 e. The predicted molar refractivity (Wildman–Crippen MR) is 71.1 cm³/mol. The Morgan fingerprint density at radius 2 is 1.94 bits per heavy atom. The summed E-state index contributed by atoms with van der Waals surface area (Å²) in [4.78, 5) is 17.3. The van der Waals surface area contributed by atoms with Crippen molar-refractivity contribution in [1.82, 2.24) is 4.98 Å². The monoisotopic (exact) mass is 248 g/mol. The molecule has 18 heavy (non-hydrogen) atoms. The Hall–Kier alpha value is -1.58. The Labute approximate surface area is 108 Å². The van der Waals surface area contributed by atoms with E-state index in [1.807, 2.05) is 13.1 Å². The third-order valence-corrected chi connectivity index (χ3v) is 3.69. The number of anilines is 1. The topological polar surface area (TPSA) is 53.4 Å². The van der Waals surface area contributed by atoms with Gasteiger partial charge in [-0.1, -0.05) is 31.7 Å². The highest BCUT2D eigenvalue weighted by Gasteiger charge is 2.18. The second-order valence-electron chi connectivity index (χ2n) is 4.94. The van der Waals surface area contributed by atoms with E-state index in [1.165, 1.54) is 44.6 Å². The molecule has 98 valence electrons. The lowest BCUT2D eigenvalue weighted by atomic mass is 10.1. The lowest BCUT2D eigenvalue weighted by Gasteiger charge is -2.28. The normalized spacial score (nSPS) is 17.2. The fourth-order valence-electron chi connectivity index (χ4n) is 2.57. The number of carboxylic acids is 1. The van der Waals surface area contributed by atoms with Gasteiger partial charge in [0.05, 0.1) is 0 Å². The number of aromatic nitrogens is 1. The summed E-state index contributed by atoms with van der Waals surface area (Å²) in [5.41, 5.74) is 0.118. The number of carboxylic acid groups (broad SMARTS) is 1. The van der Waals surface area contributed by atoms with E-state index in [2.05, 4.69) is 9.88 Å². The van der Waals surface area contributed by atoms with Gasteiger partial charge in [0.15, 0.2) is 5.69 Å². The zero-order chi connectivity index (χ0) is 13.0. The molecular weight excluding hydrogens is 228 g/mol. The molecule has 0 amide bonds. The maximum absolute atomic E-state index is 10.9. The Bertz CT molecular complexity index is 412. The largest absolute Gasteiger partial charge is 0.477 e. The summed E-state index contributed by atoms with van der Waals surface area (Å²) < 4.78 is 0. The van der Waals surface area contributed by atoms with Crippen LogP contribution in [0.25, 0.3) is 0 Å². The molecular formula is C14H20N2O2. The van der Waals surface area contributed by atoms with Crippen LogP contribution < -0.4 is 4.90 Å². The third kappa shape index (κ3) is 3.00. The first-order valence-corrected chi connectivity index (χ1v) is 6.61. The quantitative estimate of drug-likeness (QED) is 0.836. The van der Waals surface area contributed by atoms with Crippen molar-refractivity contribution < 1.29 is 9.90 Å². The Morgan fingerprint density at radius 1 is 1.28 bits per heavy atom. The van der Waals surface area contributed by atoms with Gasteiger partial charge in [0.2, 0.25) is 0 Å². The van der Waals surface area contributed by atoms with E-state index in [0.29, 0.717) is 6.04 Å². The van der Waals surface area contributed by atoms with Gasteiger partial charge in [-0.15, -0.1) is 0 Å². The molecule has 1 fully saturated rings. The molecule has 0 aliphatic heterocycles. The highest BCUT2D eigenvalue weighted by atomic mass is 16.4. The van der Waals surface area contributed by atoms with Crippen LogP contribution in [0.5, 0.6) is 0 Å². The molecule has 1 aliphatic carbocycles. The van der Waals surface area contributed by atoms with Crippen molar-refractivity contribution in [3.05, 3.63) is 23.9 Å². The molecule has 0 unspecified atom stereocenters. The molecule has 1 aromatic rings. The molecule has 0 atom stereocenters. The van der Waals surface area contributed by atoms with E-state index in [1.54, 1.807) is 6.07 Å². The van der Waals surface area contributed by atoms with Crippen molar-refractivity contribution in [1.29, 1.82) is 0 Å². The van der Waals surface area contributed by atoms with Crippen molar-refractivity contribution in [3.8, 4) is 0 Å². The summed E-state index contributed by atoms with van der Waals surface area (Å²) in [7, 11) is 2.02. The zero-order valence-corrected chi connectivity index (χ0v) is 10.8. The van der Waals surface area contributed by atoms with Gasteiger partial charge in [0.25, 0.3) is 0 Å². The molecule has 0 aromatic carbocycles. The molecule has 1 aromatic heterocycles. The third-order valence-electron chi connectivity index (χ3n) is 3.69. The van der Waals surface area contributed by atoms with Crippen molar-refractivity contribution >= 4 is 11.8 Å². The minimum Gasteiger partial charge on any atom is -0.477 e. The molecule has 4 heteroatoms. The van der Waals surface area contributed by atoms with Gasteiger partial charge >= 0.3 is 5.97 Å². The molecule has 4 nitrogen and oxygen atoms in total. The van der Waals surface area contributed by atoms with Gasteiger partial charge < -0.3 is 10.0 Å². The summed E-state index contributed by atoms with van der Waals surface area (Å²) in [6, 6.07) is 5.67. The SMILES string of the molecule is CN(c1cccc(C(=O)O)n1)C1CCCCCC1. The Balaban J connectivity index is 2.13. The molecule has 0 bridgehead atoms. The van der Waals surface area contributed by atoms with Crippen LogP contribution in [-0.4, -0.2) is 29.1 Å². The summed E-state index contributed by atoms with van der Waals surface area (Å²) in [5.74, 6) is -0.201. The van der Waals surface area contributed by atoms with Gasteiger partial charge in [-0.25, -0.2) is 9.78 Å². The first-order chi connectivity index (χ1) is 8.68. The van der Waals surface area contributed by atoms with E-state index in [-0.39, 0.29) is 5.69 Å². The van der Waals surface area contributed by atoms with Crippen molar-refractivity contribution in [2.24, 2.45) is 0 Å². The van der Waals surface area contributed by atoms with E-state index in [9.17, 15) is 4.79 Å². The van der Waals surface area contributed by atoms with Gasteiger partial charge in [-0.2, -0.15) is 0 Å². The fraction of sp³-hybridized carbons (Fsp3) is 0.571. The zero-order valence-electron chi connectivity index (χ0n) is 10.8. The number of aromatic carboxylic acids is 1. The van der Waals surface area contributed by atoms with Crippen LogP contribution in [-0.2, 0) is 0 Å². The first-order valence-electron chi connectivity index (χ1n) is 6.61. The maximum atomic E-state index is 10.9. The van der Waals surface area contributed by atoms with Crippen LogP contribution in [0, 0.1) is 0 Å². The average Bonchev–Trinajstić information content (AvgIpc) is 2.67. The second kappa shape index (κ2) is 5.85. The second-order valence-corrected chi connectivity index (χ2v) is 4.94. The van der Waals surface area contributed by atoms with Crippen LogP contribution >= 0.6 is 0 Å². The van der Waals surface area contributed by atoms with E-state index in [0.717, 1.165) is 5.82 Å². The molecule has 1 N–H and O–H groups in total. The van der Waals surface area contributed by atoms with E-state index in [4.69, 9.17) is 5.11 Å². The molecule has 1 heterocycles. The standard InChI is InChI=1S/C14H20N2O2/c1-16(11-7-4-2-3-5-8-11)13-10-6-9-12(15-13)14(17)18/h6,9-11H,2-5,7-8H2,1H3,(H,17,18). The molecule has 0 radical (unpaired) electrons. The average molecular weight is 248 g/mol. The number of hydrogen-bond acceptors (Lipinski definition) is 3. The van der Waals surface area contributed by atoms with Crippen LogP contribution in [0.4, 0.5) is 5.82 Å². The first kappa shape index (κ1) is 12.9. The van der Waals surface area contributed by atoms with Gasteiger partial charge in [-0.3, -0.25) is 0 Å². The van der Waals surface area contributed by atoms with Crippen molar-refractivity contribution in [2.45, 2.75) is 44.6 Å². The van der Waals surface area contributed by atoms with Crippen LogP contribution in [0.15, 0.2) is 18.2 Å². The van der Waals surface area contributed by atoms with Crippen LogP contribution in [0.2, 0.25) is 0 Å². The van der Waals surface area contributed by atoms with Crippen LogP contribution in [0.3, 0.4) is 0 Å². The Kier molecular flexibility index (Phi) is 4.18. The van der Waals surface area contributed by atoms with Gasteiger partial charge in [-0.05, 0) is 25.0 Å². The molecule has 1 saturated carbocycles. The fourth-order valence-corrected chi connectivity index (χ4v) is 2.57. The summed E-state index contributed by atoms with van der Waals surface area (Å²) >= 11 is 0. The number of carbonyl (C=O) groups is 1.